The van der Waals surface area contributed by atoms with E-state index >= 15 is 0 Å². The highest BCUT2D eigenvalue weighted by atomic mass is 16.5. The lowest BCUT2D eigenvalue weighted by atomic mass is 10.2. The summed E-state index contributed by atoms with van der Waals surface area (Å²) in [6.07, 6.45) is 4.35. The number of carbonyl (C=O) groups is 1. The van der Waals surface area contributed by atoms with Crippen molar-refractivity contribution in [3.8, 4) is 5.75 Å². The Kier molecular flexibility index (Phi) is 6.21. The Morgan fingerprint density at radius 3 is 2.37 bits per heavy atom. The third-order valence-electron chi connectivity index (χ3n) is 5.91. The molecule has 1 amide bonds. The van der Waals surface area contributed by atoms with Gasteiger partial charge in [0.2, 0.25) is 5.91 Å². The van der Waals surface area contributed by atoms with Crippen molar-refractivity contribution in [2.45, 2.75) is 38.3 Å². The predicted molar refractivity (Wildman–Crippen MR) is 116 cm³/mol. The number of nitrogens with zero attached hydrogens (tertiary/aromatic N) is 4. The second-order valence-electron chi connectivity index (χ2n) is 7.91. The van der Waals surface area contributed by atoms with Gasteiger partial charge in [-0.05, 0) is 43.2 Å². The van der Waals surface area contributed by atoms with Crippen LogP contribution in [-0.2, 0) is 11.3 Å². The minimum Gasteiger partial charge on any atom is -0.497 e. The molecular weight excluding hydrogens is 382 g/mol. The summed E-state index contributed by atoms with van der Waals surface area (Å²) in [6.45, 7) is 3.27. The minimum absolute atomic E-state index is 0.0328. The van der Waals surface area contributed by atoms with E-state index in [9.17, 15) is 9.59 Å². The van der Waals surface area contributed by atoms with Crippen LogP contribution in [0.25, 0.3) is 0 Å². The van der Waals surface area contributed by atoms with Gasteiger partial charge in [0.25, 0.3) is 5.56 Å². The summed E-state index contributed by atoms with van der Waals surface area (Å²) in [5, 5.41) is 7.48. The lowest BCUT2D eigenvalue weighted by molar-refractivity contribution is -0.122. The molecule has 0 bridgehead atoms. The monoisotopic (exact) mass is 411 g/mol. The molecule has 4 rings (SSSR count). The Morgan fingerprint density at radius 1 is 1.03 bits per heavy atom. The zero-order chi connectivity index (χ0) is 20.9. The third kappa shape index (κ3) is 4.75. The topological polar surface area (TPSA) is 79.7 Å². The number of ether oxygens (including phenoxy) is 1. The summed E-state index contributed by atoms with van der Waals surface area (Å²) in [5.74, 6) is 1.44. The van der Waals surface area contributed by atoms with Gasteiger partial charge in [0.05, 0.1) is 7.11 Å². The number of hydrogen-bond donors (Lipinski definition) is 1. The molecule has 1 aromatic heterocycles. The molecule has 1 aliphatic heterocycles. The molecule has 0 atom stereocenters. The SMILES string of the molecule is COc1ccc(N2CCN(c3ccc(=O)n(CC(=O)NC4CCCC4)n3)CC2)cc1. The molecule has 30 heavy (non-hydrogen) atoms. The zero-order valence-corrected chi connectivity index (χ0v) is 17.4. The van der Waals surface area contributed by atoms with Gasteiger partial charge in [-0.2, -0.15) is 5.10 Å². The van der Waals surface area contributed by atoms with Gasteiger partial charge < -0.3 is 19.9 Å². The van der Waals surface area contributed by atoms with Crippen molar-refractivity contribution in [1.29, 1.82) is 0 Å². The lowest BCUT2D eigenvalue weighted by Gasteiger charge is -2.36. The van der Waals surface area contributed by atoms with Gasteiger partial charge in [0.1, 0.15) is 18.1 Å². The first kappa shape index (κ1) is 20.3. The fourth-order valence-corrected chi connectivity index (χ4v) is 4.19. The summed E-state index contributed by atoms with van der Waals surface area (Å²) < 4.78 is 6.50. The van der Waals surface area contributed by atoms with Gasteiger partial charge in [0, 0.05) is 44.0 Å². The fraction of sp³-hybridized carbons (Fsp3) is 0.500. The van der Waals surface area contributed by atoms with Crippen molar-refractivity contribution < 1.29 is 9.53 Å². The first-order chi connectivity index (χ1) is 14.6. The first-order valence-corrected chi connectivity index (χ1v) is 10.6. The summed E-state index contributed by atoms with van der Waals surface area (Å²) in [5.41, 5.74) is 0.911. The maximum atomic E-state index is 12.3. The van der Waals surface area contributed by atoms with E-state index in [0.717, 1.165) is 69.1 Å². The van der Waals surface area contributed by atoms with E-state index in [-0.39, 0.29) is 24.1 Å². The molecule has 160 valence electrons. The quantitative estimate of drug-likeness (QED) is 0.779. The Hall–Kier alpha value is -3.03. The van der Waals surface area contributed by atoms with Gasteiger partial charge in [-0.15, -0.1) is 0 Å². The van der Waals surface area contributed by atoms with Crippen molar-refractivity contribution in [3.63, 3.8) is 0 Å². The second kappa shape index (κ2) is 9.19. The van der Waals surface area contributed by atoms with Crippen LogP contribution in [-0.4, -0.2) is 55.0 Å². The number of piperazine rings is 1. The van der Waals surface area contributed by atoms with E-state index in [1.54, 1.807) is 13.2 Å². The molecule has 0 radical (unpaired) electrons. The van der Waals surface area contributed by atoms with Gasteiger partial charge in [-0.25, -0.2) is 4.68 Å². The second-order valence-corrected chi connectivity index (χ2v) is 7.91. The number of hydrogen-bond acceptors (Lipinski definition) is 6. The number of aromatic nitrogens is 2. The van der Waals surface area contributed by atoms with Crippen LogP contribution in [0.5, 0.6) is 5.75 Å². The van der Waals surface area contributed by atoms with Crippen LogP contribution in [0.2, 0.25) is 0 Å². The van der Waals surface area contributed by atoms with Gasteiger partial charge in [-0.3, -0.25) is 9.59 Å². The summed E-state index contributed by atoms with van der Waals surface area (Å²) in [6, 6.07) is 11.6. The molecule has 1 saturated heterocycles. The number of benzene rings is 1. The number of methoxy groups -OCH3 is 1. The summed E-state index contributed by atoms with van der Waals surface area (Å²) in [7, 11) is 1.67. The highest BCUT2D eigenvalue weighted by Gasteiger charge is 2.21. The van der Waals surface area contributed by atoms with Crippen molar-refractivity contribution in [2.24, 2.45) is 0 Å². The van der Waals surface area contributed by atoms with Crippen molar-refractivity contribution in [2.75, 3.05) is 43.1 Å². The van der Waals surface area contributed by atoms with E-state index in [1.165, 1.54) is 10.7 Å². The molecule has 2 aliphatic rings. The van der Waals surface area contributed by atoms with E-state index < -0.39 is 0 Å². The third-order valence-corrected chi connectivity index (χ3v) is 5.91. The van der Waals surface area contributed by atoms with Crippen LogP contribution in [0.15, 0.2) is 41.2 Å². The average Bonchev–Trinajstić information content (AvgIpc) is 3.28. The molecule has 1 saturated carbocycles. The molecule has 0 spiro atoms. The largest absolute Gasteiger partial charge is 0.497 e. The Bertz CT molecular complexity index is 913. The number of rotatable bonds is 6. The van der Waals surface area contributed by atoms with Crippen molar-refractivity contribution in [3.05, 3.63) is 46.8 Å². The highest BCUT2D eigenvalue weighted by Crippen LogP contribution is 2.22. The molecular formula is C22H29N5O3. The van der Waals surface area contributed by atoms with Gasteiger partial charge in [-0.1, -0.05) is 12.8 Å². The maximum Gasteiger partial charge on any atom is 0.267 e. The Balaban J connectivity index is 1.36. The molecule has 1 aliphatic carbocycles. The van der Waals surface area contributed by atoms with E-state index in [1.807, 2.05) is 12.1 Å². The molecule has 1 aromatic carbocycles. The van der Waals surface area contributed by atoms with E-state index in [4.69, 9.17) is 4.74 Å². The number of carbonyl (C=O) groups excluding carboxylic acids is 1. The van der Waals surface area contributed by atoms with Crippen molar-refractivity contribution in [1.82, 2.24) is 15.1 Å². The van der Waals surface area contributed by atoms with E-state index in [0.29, 0.717) is 0 Å². The van der Waals surface area contributed by atoms with Crippen LogP contribution in [0.4, 0.5) is 11.5 Å². The van der Waals surface area contributed by atoms with Gasteiger partial charge >= 0.3 is 0 Å². The molecule has 2 heterocycles. The van der Waals surface area contributed by atoms with Crippen LogP contribution in [0, 0.1) is 0 Å². The molecule has 8 heteroatoms. The molecule has 1 N–H and O–H groups in total. The number of nitrogens with one attached hydrogen (secondary N) is 1. The average molecular weight is 412 g/mol. The van der Waals surface area contributed by atoms with Crippen LogP contribution >= 0.6 is 0 Å². The van der Waals surface area contributed by atoms with Crippen LogP contribution in [0.3, 0.4) is 0 Å². The fourth-order valence-electron chi connectivity index (χ4n) is 4.19. The highest BCUT2D eigenvalue weighted by molar-refractivity contribution is 5.76. The Labute approximate surface area is 176 Å². The standard InChI is InChI=1S/C22H29N5O3/c1-30-19-8-6-18(7-9-19)25-12-14-26(15-13-25)20-10-11-22(29)27(24-20)16-21(28)23-17-4-2-3-5-17/h6-11,17H,2-5,12-16H2,1H3,(H,23,28). The van der Waals surface area contributed by atoms with E-state index in [2.05, 4.69) is 32.3 Å². The summed E-state index contributed by atoms with van der Waals surface area (Å²) >= 11 is 0. The minimum atomic E-state index is -0.253. The molecule has 0 unspecified atom stereocenters. The molecule has 2 aromatic rings. The first-order valence-electron chi connectivity index (χ1n) is 10.6. The zero-order valence-electron chi connectivity index (χ0n) is 17.4. The predicted octanol–water partition coefficient (Wildman–Crippen LogP) is 1.64. The number of amides is 1. The van der Waals surface area contributed by atoms with Gasteiger partial charge in [0.15, 0.2) is 0 Å². The smallest absolute Gasteiger partial charge is 0.267 e. The molecule has 8 nitrogen and oxygen atoms in total. The van der Waals surface area contributed by atoms with Crippen LogP contribution < -0.4 is 25.4 Å². The molecule has 2 fully saturated rings. The normalized spacial score (nSPS) is 17.2. The van der Waals surface area contributed by atoms with Crippen molar-refractivity contribution >= 4 is 17.4 Å². The Morgan fingerprint density at radius 2 is 1.70 bits per heavy atom. The maximum absolute atomic E-state index is 12.3. The van der Waals surface area contributed by atoms with Crippen LogP contribution in [0.1, 0.15) is 25.7 Å². The number of anilines is 2. The summed E-state index contributed by atoms with van der Waals surface area (Å²) in [4.78, 5) is 29.0. The lowest BCUT2D eigenvalue weighted by Crippen LogP contribution is -2.47.